The number of carbonyl (C=O) groups excluding carboxylic acids is 2. The van der Waals surface area contributed by atoms with E-state index < -0.39 is 5.97 Å². The van der Waals surface area contributed by atoms with Gasteiger partial charge in [-0.15, -0.1) is 0 Å². The van der Waals surface area contributed by atoms with Gasteiger partial charge in [0.1, 0.15) is 11.5 Å². The number of carbonyl (C=O) groups is 2. The quantitative estimate of drug-likeness (QED) is 0.0638. The largest absolute Gasteiger partial charge is 0.426 e. The molecule has 4 aromatic rings. The van der Waals surface area contributed by atoms with Crippen LogP contribution in [0.3, 0.4) is 0 Å². The Labute approximate surface area is 285 Å². The first kappa shape index (κ1) is 35.1. The van der Waals surface area contributed by atoms with Gasteiger partial charge in [0, 0.05) is 11.1 Å². The molecule has 254 valence electrons. The van der Waals surface area contributed by atoms with Crippen molar-refractivity contribution in [3.63, 3.8) is 0 Å². The Morgan fingerprint density at radius 3 is 1.96 bits per heavy atom. The highest BCUT2D eigenvalue weighted by Crippen LogP contribution is 2.33. The summed E-state index contributed by atoms with van der Waals surface area (Å²) in [7, 11) is 0. The molecule has 7 heteroatoms. The van der Waals surface area contributed by atoms with Crippen LogP contribution in [0.15, 0.2) is 77.3 Å². The molecular weight excluding hydrogens is 600 g/mol. The third kappa shape index (κ3) is 10.4. The van der Waals surface area contributed by atoms with Gasteiger partial charge in [-0.3, -0.25) is 4.79 Å². The van der Waals surface area contributed by atoms with E-state index in [0.29, 0.717) is 34.3 Å². The van der Waals surface area contributed by atoms with Crippen molar-refractivity contribution >= 4 is 11.9 Å². The molecule has 0 amide bonds. The third-order valence-electron chi connectivity index (χ3n) is 9.47. The van der Waals surface area contributed by atoms with Gasteiger partial charge in [0.15, 0.2) is 0 Å². The number of rotatable bonds is 17. The molecule has 0 bridgehead atoms. The van der Waals surface area contributed by atoms with Crippen LogP contribution >= 0.6 is 0 Å². The van der Waals surface area contributed by atoms with E-state index >= 15 is 0 Å². The van der Waals surface area contributed by atoms with Crippen molar-refractivity contribution < 1.29 is 23.6 Å². The zero-order valence-electron chi connectivity index (χ0n) is 28.6. The number of hydrogen-bond donors (Lipinski definition) is 0. The number of ether oxygens (including phenoxy) is 2. The first-order valence-corrected chi connectivity index (χ1v) is 18.1. The zero-order valence-corrected chi connectivity index (χ0v) is 28.6. The van der Waals surface area contributed by atoms with Crippen LogP contribution in [0, 0.1) is 11.8 Å². The molecular formula is C41H50N2O5. The number of benzene rings is 3. The van der Waals surface area contributed by atoms with Gasteiger partial charge in [0.05, 0.1) is 11.5 Å². The van der Waals surface area contributed by atoms with E-state index in [4.69, 9.17) is 14.0 Å². The van der Waals surface area contributed by atoms with Gasteiger partial charge in [-0.05, 0) is 111 Å². The Hall–Kier alpha value is -4.26. The summed E-state index contributed by atoms with van der Waals surface area (Å²) in [6.45, 7) is 4.46. The number of aryl methyl sites for hydroxylation is 1. The maximum Gasteiger partial charge on any atom is 0.343 e. The molecule has 0 aliphatic heterocycles. The number of aromatic nitrogens is 2. The molecule has 0 radical (unpaired) electrons. The Kier molecular flexibility index (Phi) is 13.4. The maximum absolute atomic E-state index is 12.8. The summed E-state index contributed by atoms with van der Waals surface area (Å²) >= 11 is 0. The van der Waals surface area contributed by atoms with E-state index in [1.165, 1.54) is 63.4 Å². The number of nitrogens with zero attached hydrogens (tertiary/aromatic N) is 2. The molecule has 1 aliphatic rings. The van der Waals surface area contributed by atoms with E-state index in [1.54, 1.807) is 36.4 Å². The van der Waals surface area contributed by atoms with Gasteiger partial charge in [0.25, 0.3) is 5.89 Å². The van der Waals surface area contributed by atoms with Crippen LogP contribution < -0.4 is 9.47 Å². The Bertz CT molecular complexity index is 1550. The van der Waals surface area contributed by atoms with Crippen LogP contribution in [0.2, 0.25) is 0 Å². The summed E-state index contributed by atoms with van der Waals surface area (Å²) in [5, 5.41) is 4.14. The highest BCUT2D eigenvalue weighted by molar-refractivity contribution is 5.91. The lowest BCUT2D eigenvalue weighted by atomic mass is 9.80. The first-order valence-electron chi connectivity index (χ1n) is 18.1. The molecule has 5 rings (SSSR count). The van der Waals surface area contributed by atoms with Gasteiger partial charge < -0.3 is 14.0 Å². The van der Waals surface area contributed by atoms with E-state index in [-0.39, 0.29) is 11.9 Å². The minimum atomic E-state index is -0.398. The molecule has 0 saturated heterocycles. The molecule has 1 heterocycles. The lowest BCUT2D eigenvalue weighted by Crippen LogP contribution is -2.25. The molecule has 1 aromatic heterocycles. The zero-order chi connectivity index (χ0) is 33.6. The van der Waals surface area contributed by atoms with Crippen LogP contribution in [0.1, 0.15) is 120 Å². The molecule has 0 spiro atoms. The Balaban J connectivity index is 1.07. The van der Waals surface area contributed by atoms with Gasteiger partial charge in [-0.1, -0.05) is 88.9 Å². The maximum atomic E-state index is 12.8. The van der Waals surface area contributed by atoms with Crippen molar-refractivity contribution in [3.05, 3.63) is 83.9 Å². The third-order valence-corrected chi connectivity index (χ3v) is 9.47. The van der Waals surface area contributed by atoms with E-state index in [1.807, 2.05) is 36.4 Å². The monoisotopic (exact) mass is 650 g/mol. The fourth-order valence-corrected chi connectivity index (χ4v) is 6.45. The summed E-state index contributed by atoms with van der Waals surface area (Å²) < 4.78 is 16.8. The fourth-order valence-electron chi connectivity index (χ4n) is 6.45. The summed E-state index contributed by atoms with van der Waals surface area (Å²) in [4.78, 5) is 30.1. The molecule has 1 fully saturated rings. The van der Waals surface area contributed by atoms with Gasteiger partial charge in [0.2, 0.25) is 5.82 Å². The lowest BCUT2D eigenvalue weighted by molar-refractivity contribution is -0.140. The Morgan fingerprint density at radius 2 is 1.29 bits per heavy atom. The molecule has 0 unspecified atom stereocenters. The van der Waals surface area contributed by atoms with E-state index in [9.17, 15) is 9.59 Å². The van der Waals surface area contributed by atoms with E-state index in [2.05, 4.69) is 24.0 Å². The molecule has 7 nitrogen and oxygen atoms in total. The summed E-state index contributed by atoms with van der Waals surface area (Å²) in [5.74, 6) is 1.94. The highest BCUT2D eigenvalue weighted by atomic mass is 16.5. The molecule has 1 aliphatic carbocycles. The van der Waals surface area contributed by atoms with Crippen LogP contribution in [0.25, 0.3) is 22.8 Å². The average Bonchev–Trinajstić information content (AvgIpc) is 3.62. The Morgan fingerprint density at radius 1 is 0.688 bits per heavy atom. The predicted molar refractivity (Wildman–Crippen MR) is 189 cm³/mol. The second kappa shape index (κ2) is 18.3. The fraction of sp³-hybridized carbons (Fsp3) is 0.463. The van der Waals surface area contributed by atoms with Gasteiger partial charge in [-0.25, -0.2) is 4.79 Å². The second-order valence-corrected chi connectivity index (χ2v) is 13.2. The smallest absolute Gasteiger partial charge is 0.343 e. The van der Waals surface area contributed by atoms with Crippen LogP contribution in [-0.2, 0) is 11.2 Å². The van der Waals surface area contributed by atoms with Gasteiger partial charge in [-0.2, -0.15) is 4.98 Å². The molecule has 1 saturated carbocycles. The van der Waals surface area contributed by atoms with Gasteiger partial charge >= 0.3 is 11.9 Å². The van der Waals surface area contributed by atoms with Crippen molar-refractivity contribution in [2.75, 3.05) is 0 Å². The first-order chi connectivity index (χ1) is 23.5. The number of unbranched alkanes of at least 4 members (excludes halogenated alkanes) is 7. The summed E-state index contributed by atoms with van der Waals surface area (Å²) in [5.41, 5.74) is 3.21. The molecule has 0 N–H and O–H groups in total. The van der Waals surface area contributed by atoms with Crippen molar-refractivity contribution in [1.29, 1.82) is 0 Å². The predicted octanol–water partition coefficient (Wildman–Crippen LogP) is 10.8. The van der Waals surface area contributed by atoms with Crippen molar-refractivity contribution in [3.8, 4) is 34.3 Å². The SMILES string of the molecule is CCCCCCCC1CCC(C(=O)Oc2ccc(-c3noc(-c4ccc(OC(=O)c5ccc(CCCCCC)cc5)cc4)n3)cc2)CC1. The van der Waals surface area contributed by atoms with Crippen LogP contribution in [0.5, 0.6) is 11.5 Å². The second-order valence-electron chi connectivity index (χ2n) is 13.2. The lowest BCUT2D eigenvalue weighted by Gasteiger charge is -2.27. The minimum absolute atomic E-state index is 0.0212. The number of esters is 2. The van der Waals surface area contributed by atoms with Crippen molar-refractivity contribution in [2.45, 2.75) is 110 Å². The van der Waals surface area contributed by atoms with Crippen LogP contribution in [-0.4, -0.2) is 22.1 Å². The van der Waals surface area contributed by atoms with Crippen molar-refractivity contribution in [2.24, 2.45) is 11.8 Å². The topological polar surface area (TPSA) is 91.5 Å². The summed E-state index contributed by atoms with van der Waals surface area (Å²) in [6, 6.07) is 21.8. The highest BCUT2D eigenvalue weighted by Gasteiger charge is 2.27. The van der Waals surface area contributed by atoms with Crippen LogP contribution in [0.4, 0.5) is 0 Å². The summed E-state index contributed by atoms with van der Waals surface area (Å²) in [6.07, 6.45) is 17.8. The minimum Gasteiger partial charge on any atom is -0.426 e. The standard InChI is InChI=1S/C41H50N2O5/c1-3-5-7-9-11-13-31-16-20-34(21-17-31)40(44)46-36-26-22-32(23-27-36)38-42-39(48-43-38)33-24-28-37(29-25-33)47-41(45)35-18-14-30(15-19-35)12-10-8-6-4-2/h14-15,18-19,22-29,31,34H,3-13,16-17,20-21H2,1-2H3. The molecule has 48 heavy (non-hydrogen) atoms. The molecule has 0 atom stereocenters. The van der Waals surface area contributed by atoms with E-state index in [0.717, 1.165) is 50.0 Å². The average molecular weight is 651 g/mol. The normalized spacial score (nSPS) is 16.0. The molecule has 3 aromatic carbocycles. The van der Waals surface area contributed by atoms with Crippen molar-refractivity contribution in [1.82, 2.24) is 10.1 Å². The number of hydrogen-bond acceptors (Lipinski definition) is 7.